The predicted molar refractivity (Wildman–Crippen MR) is 93.4 cm³/mol. The molecule has 2 aromatic carbocycles. The van der Waals surface area contributed by atoms with Gasteiger partial charge in [0.15, 0.2) is 6.61 Å². The number of hydrogen-bond donors (Lipinski definition) is 2. The number of ether oxygens (including phenoxy) is 1. The number of esters is 1. The van der Waals surface area contributed by atoms with Gasteiger partial charge < -0.3 is 10.1 Å². The largest absolute Gasteiger partial charge is 0.452 e. The molecular formula is C18H14N4O4. The summed E-state index contributed by atoms with van der Waals surface area (Å²) in [6.45, 7) is -0.584. The van der Waals surface area contributed by atoms with Gasteiger partial charge in [-0.05, 0) is 30.3 Å². The summed E-state index contributed by atoms with van der Waals surface area (Å²) in [5, 5.41) is 4.56. The Morgan fingerprint density at radius 1 is 0.923 bits per heavy atom. The summed E-state index contributed by atoms with van der Waals surface area (Å²) in [7, 11) is 0. The molecule has 1 aromatic heterocycles. The van der Waals surface area contributed by atoms with Gasteiger partial charge in [-0.2, -0.15) is 0 Å². The molecule has 3 rings (SSSR count). The van der Waals surface area contributed by atoms with Gasteiger partial charge in [0.25, 0.3) is 5.91 Å². The van der Waals surface area contributed by atoms with Crippen LogP contribution in [0.4, 0.5) is 10.5 Å². The van der Waals surface area contributed by atoms with Crippen LogP contribution >= 0.6 is 0 Å². The van der Waals surface area contributed by atoms with Gasteiger partial charge in [-0.25, -0.2) is 9.59 Å². The van der Waals surface area contributed by atoms with E-state index in [0.717, 1.165) is 0 Å². The molecule has 0 aliphatic carbocycles. The van der Waals surface area contributed by atoms with Crippen molar-refractivity contribution in [3.8, 4) is 0 Å². The van der Waals surface area contributed by atoms with E-state index < -0.39 is 24.5 Å². The lowest BCUT2D eigenvalue weighted by Crippen LogP contribution is -2.37. The van der Waals surface area contributed by atoms with Crippen LogP contribution < -0.4 is 10.6 Å². The highest BCUT2D eigenvalue weighted by molar-refractivity contribution is 6.02. The number of anilines is 1. The van der Waals surface area contributed by atoms with Crippen molar-refractivity contribution in [1.29, 1.82) is 0 Å². The van der Waals surface area contributed by atoms with E-state index in [1.807, 2.05) is 0 Å². The number of carbonyl (C=O) groups excluding carboxylic acids is 3. The van der Waals surface area contributed by atoms with Gasteiger partial charge in [-0.15, -0.1) is 0 Å². The average Bonchev–Trinajstić information content (AvgIpc) is 2.66. The minimum Gasteiger partial charge on any atom is -0.452 e. The number of fused-ring (bicyclic) bond motifs is 1. The standard InChI is InChI=1S/C18H14N4O4/c23-16(22-18(25)21-13-4-2-1-3-5-13)11-26-17(24)12-6-7-14-15(10-12)20-9-8-19-14/h1-10H,11H2,(H2,21,22,23,25). The third-order valence-corrected chi connectivity index (χ3v) is 3.32. The summed E-state index contributed by atoms with van der Waals surface area (Å²) in [6, 6.07) is 12.6. The molecule has 0 spiro atoms. The molecule has 26 heavy (non-hydrogen) atoms. The van der Waals surface area contributed by atoms with Crippen molar-refractivity contribution in [2.75, 3.05) is 11.9 Å². The summed E-state index contributed by atoms with van der Waals surface area (Å²) in [5.41, 5.74) is 1.94. The van der Waals surface area contributed by atoms with Crippen molar-refractivity contribution in [1.82, 2.24) is 15.3 Å². The second-order valence-corrected chi connectivity index (χ2v) is 5.20. The number of carbonyl (C=O) groups is 3. The molecule has 3 amide bonds. The Labute approximate surface area is 148 Å². The number of hydrogen-bond acceptors (Lipinski definition) is 6. The molecular weight excluding hydrogens is 336 g/mol. The minimum atomic E-state index is -0.743. The van der Waals surface area contributed by atoms with Gasteiger partial charge in [0.1, 0.15) is 0 Å². The molecule has 2 N–H and O–H groups in total. The second-order valence-electron chi connectivity index (χ2n) is 5.20. The van der Waals surface area contributed by atoms with Crippen LogP contribution in [0.25, 0.3) is 11.0 Å². The molecule has 0 radical (unpaired) electrons. The smallest absolute Gasteiger partial charge is 0.338 e. The Bertz CT molecular complexity index is 960. The Morgan fingerprint density at radius 3 is 2.42 bits per heavy atom. The monoisotopic (exact) mass is 350 g/mol. The number of nitrogens with zero attached hydrogens (tertiary/aromatic N) is 2. The molecule has 0 unspecified atom stereocenters. The normalized spacial score (nSPS) is 10.2. The van der Waals surface area contributed by atoms with Crippen LogP contribution in [0.3, 0.4) is 0 Å². The van der Waals surface area contributed by atoms with E-state index in [4.69, 9.17) is 4.74 Å². The van der Waals surface area contributed by atoms with E-state index in [-0.39, 0.29) is 5.56 Å². The van der Waals surface area contributed by atoms with Crippen LogP contribution in [-0.2, 0) is 9.53 Å². The number of amides is 3. The lowest BCUT2D eigenvalue weighted by Gasteiger charge is -2.07. The molecule has 0 fully saturated rings. The topological polar surface area (TPSA) is 110 Å². The summed E-state index contributed by atoms with van der Waals surface area (Å²) >= 11 is 0. The van der Waals surface area contributed by atoms with E-state index in [0.29, 0.717) is 16.7 Å². The second kappa shape index (κ2) is 7.84. The molecule has 0 bridgehead atoms. The lowest BCUT2D eigenvalue weighted by atomic mass is 10.2. The first kappa shape index (κ1) is 17.0. The molecule has 130 valence electrons. The third kappa shape index (κ3) is 4.38. The van der Waals surface area contributed by atoms with Crippen LogP contribution in [0.15, 0.2) is 60.9 Å². The summed E-state index contributed by atoms with van der Waals surface area (Å²) in [6.07, 6.45) is 3.06. The lowest BCUT2D eigenvalue weighted by molar-refractivity contribution is -0.123. The fourth-order valence-corrected chi connectivity index (χ4v) is 2.15. The zero-order valence-corrected chi connectivity index (χ0v) is 13.5. The van der Waals surface area contributed by atoms with Gasteiger partial charge >= 0.3 is 12.0 Å². The summed E-state index contributed by atoms with van der Waals surface area (Å²) in [4.78, 5) is 43.6. The molecule has 0 aliphatic rings. The van der Waals surface area contributed by atoms with Gasteiger partial charge in [0.2, 0.25) is 0 Å². The van der Waals surface area contributed by atoms with E-state index in [1.54, 1.807) is 42.6 Å². The van der Waals surface area contributed by atoms with Crippen molar-refractivity contribution in [2.24, 2.45) is 0 Å². The van der Waals surface area contributed by atoms with Crippen molar-refractivity contribution in [2.45, 2.75) is 0 Å². The van der Waals surface area contributed by atoms with Gasteiger partial charge in [-0.3, -0.25) is 20.1 Å². The zero-order valence-electron chi connectivity index (χ0n) is 13.5. The molecule has 8 heteroatoms. The van der Waals surface area contributed by atoms with Crippen molar-refractivity contribution < 1.29 is 19.1 Å². The molecule has 0 saturated carbocycles. The van der Waals surface area contributed by atoms with E-state index in [1.165, 1.54) is 18.3 Å². The maximum atomic E-state index is 12.0. The van der Waals surface area contributed by atoms with Crippen LogP contribution in [0.1, 0.15) is 10.4 Å². The van der Waals surface area contributed by atoms with E-state index in [2.05, 4.69) is 20.6 Å². The van der Waals surface area contributed by atoms with Crippen LogP contribution in [0.2, 0.25) is 0 Å². The van der Waals surface area contributed by atoms with E-state index in [9.17, 15) is 14.4 Å². The number of benzene rings is 2. The van der Waals surface area contributed by atoms with Crippen LogP contribution in [0.5, 0.6) is 0 Å². The van der Waals surface area contributed by atoms with E-state index >= 15 is 0 Å². The first-order valence-electron chi connectivity index (χ1n) is 7.65. The SMILES string of the molecule is O=C(COC(=O)c1ccc2nccnc2c1)NC(=O)Nc1ccccc1. The Hall–Kier alpha value is -3.81. The Morgan fingerprint density at radius 2 is 1.65 bits per heavy atom. The van der Waals surface area contributed by atoms with Gasteiger partial charge in [0, 0.05) is 18.1 Å². The zero-order chi connectivity index (χ0) is 18.4. The average molecular weight is 350 g/mol. The molecule has 0 saturated heterocycles. The van der Waals surface area contributed by atoms with Gasteiger partial charge in [0.05, 0.1) is 16.6 Å². The van der Waals surface area contributed by atoms with Crippen molar-refractivity contribution in [3.05, 3.63) is 66.5 Å². The summed E-state index contributed by atoms with van der Waals surface area (Å²) < 4.78 is 4.91. The quantitative estimate of drug-likeness (QED) is 0.698. The van der Waals surface area contributed by atoms with Gasteiger partial charge in [-0.1, -0.05) is 18.2 Å². The highest BCUT2D eigenvalue weighted by Gasteiger charge is 2.13. The Balaban J connectivity index is 1.51. The Kier molecular flexibility index (Phi) is 5.14. The maximum absolute atomic E-state index is 12.0. The fourth-order valence-electron chi connectivity index (χ4n) is 2.15. The highest BCUT2D eigenvalue weighted by atomic mass is 16.5. The van der Waals surface area contributed by atoms with Crippen molar-refractivity contribution >= 4 is 34.6 Å². The number of urea groups is 1. The van der Waals surface area contributed by atoms with Crippen LogP contribution in [-0.4, -0.2) is 34.5 Å². The predicted octanol–water partition coefficient (Wildman–Crippen LogP) is 2.13. The molecule has 3 aromatic rings. The fraction of sp³-hybridized carbons (Fsp3) is 0.0556. The number of para-hydroxylation sites is 1. The highest BCUT2D eigenvalue weighted by Crippen LogP contribution is 2.11. The molecule has 0 aliphatic heterocycles. The summed E-state index contributed by atoms with van der Waals surface area (Å²) in [5.74, 6) is -1.44. The minimum absolute atomic E-state index is 0.236. The molecule has 1 heterocycles. The van der Waals surface area contributed by atoms with Crippen LogP contribution in [0, 0.1) is 0 Å². The molecule has 8 nitrogen and oxygen atoms in total. The number of rotatable bonds is 4. The third-order valence-electron chi connectivity index (χ3n) is 3.32. The number of imide groups is 1. The maximum Gasteiger partial charge on any atom is 0.338 e. The molecule has 0 atom stereocenters. The first-order chi connectivity index (χ1) is 12.6. The number of aromatic nitrogens is 2. The first-order valence-corrected chi connectivity index (χ1v) is 7.65. The van der Waals surface area contributed by atoms with Crippen molar-refractivity contribution in [3.63, 3.8) is 0 Å². The number of nitrogens with one attached hydrogen (secondary N) is 2.